The van der Waals surface area contributed by atoms with Gasteiger partial charge in [-0.05, 0) is 32.4 Å². The lowest BCUT2D eigenvalue weighted by Crippen LogP contribution is -2.56. The molecule has 1 aromatic rings. The second-order valence-corrected chi connectivity index (χ2v) is 7.99. The number of morpholine rings is 1. The first-order chi connectivity index (χ1) is 12.0. The van der Waals surface area contributed by atoms with Crippen molar-refractivity contribution in [2.75, 3.05) is 18.8 Å². The summed E-state index contributed by atoms with van der Waals surface area (Å²) in [7, 11) is 0. The quantitative estimate of drug-likeness (QED) is 0.820. The Morgan fingerprint density at radius 2 is 2.00 bits per heavy atom. The Bertz CT molecular complexity index is 596. The maximum atomic E-state index is 13.2. The Kier molecular flexibility index (Phi) is 5.74. The number of hydrogen-bond donors (Lipinski definition) is 0. The number of furan rings is 1. The van der Waals surface area contributed by atoms with E-state index in [1.807, 2.05) is 18.7 Å². The van der Waals surface area contributed by atoms with Crippen LogP contribution in [0.15, 0.2) is 22.8 Å². The van der Waals surface area contributed by atoms with E-state index in [-0.39, 0.29) is 29.4 Å². The summed E-state index contributed by atoms with van der Waals surface area (Å²) in [5.74, 6) is 0.759. The molecule has 1 aromatic heterocycles. The number of carbonyl (C=O) groups excluding carboxylic acids is 2. The molecule has 2 aliphatic heterocycles. The molecule has 6 nitrogen and oxygen atoms in total. The topological polar surface area (TPSA) is 63.0 Å². The molecule has 4 atom stereocenters. The number of thioether (sulfide) groups is 1. The van der Waals surface area contributed by atoms with Gasteiger partial charge in [0.05, 0.1) is 23.8 Å². The Hall–Kier alpha value is -1.47. The summed E-state index contributed by atoms with van der Waals surface area (Å²) in [4.78, 5) is 29.7. The maximum Gasteiger partial charge on any atom is 0.291 e. The zero-order valence-corrected chi connectivity index (χ0v) is 15.8. The minimum absolute atomic E-state index is 0.0161. The van der Waals surface area contributed by atoms with E-state index in [2.05, 4.69) is 6.92 Å². The van der Waals surface area contributed by atoms with Crippen LogP contribution in [0.3, 0.4) is 0 Å². The van der Waals surface area contributed by atoms with Gasteiger partial charge in [0.2, 0.25) is 5.91 Å². The number of rotatable bonds is 4. The van der Waals surface area contributed by atoms with Gasteiger partial charge in [-0.25, -0.2) is 0 Å². The normalized spacial score (nSPS) is 29.9. The predicted octanol–water partition coefficient (Wildman–Crippen LogP) is 2.60. The number of carbonyl (C=O) groups is 2. The SMILES string of the molecule is CCCC1SCC(C(=O)N2CC(C)OC(C)C2)N1C(=O)c1ccco1. The van der Waals surface area contributed by atoms with E-state index in [0.29, 0.717) is 24.6 Å². The fourth-order valence-electron chi connectivity index (χ4n) is 3.59. The van der Waals surface area contributed by atoms with Gasteiger partial charge in [0, 0.05) is 18.8 Å². The molecule has 0 radical (unpaired) electrons. The van der Waals surface area contributed by atoms with Gasteiger partial charge in [0.25, 0.3) is 5.91 Å². The van der Waals surface area contributed by atoms with Crippen LogP contribution in [0, 0.1) is 0 Å². The van der Waals surface area contributed by atoms with Gasteiger partial charge in [-0.1, -0.05) is 13.3 Å². The zero-order chi connectivity index (χ0) is 18.0. The van der Waals surface area contributed by atoms with Crippen LogP contribution >= 0.6 is 11.8 Å². The van der Waals surface area contributed by atoms with Crippen LogP contribution < -0.4 is 0 Å². The average molecular weight is 366 g/mol. The lowest BCUT2D eigenvalue weighted by molar-refractivity contribution is -0.147. The van der Waals surface area contributed by atoms with E-state index < -0.39 is 6.04 Å². The molecule has 0 spiro atoms. The molecular weight excluding hydrogens is 340 g/mol. The van der Waals surface area contributed by atoms with Gasteiger partial charge in [-0.3, -0.25) is 9.59 Å². The van der Waals surface area contributed by atoms with E-state index in [0.717, 1.165) is 12.8 Å². The van der Waals surface area contributed by atoms with Crippen LogP contribution in [-0.4, -0.2) is 64.1 Å². The van der Waals surface area contributed by atoms with Crippen LogP contribution in [0.2, 0.25) is 0 Å². The van der Waals surface area contributed by atoms with Gasteiger partial charge in [0.1, 0.15) is 6.04 Å². The minimum atomic E-state index is -0.434. The highest BCUT2D eigenvalue weighted by Gasteiger charge is 2.44. The van der Waals surface area contributed by atoms with E-state index in [1.54, 1.807) is 28.8 Å². The van der Waals surface area contributed by atoms with Gasteiger partial charge in [-0.15, -0.1) is 11.8 Å². The highest BCUT2D eigenvalue weighted by Crippen LogP contribution is 2.34. The molecular formula is C18H26N2O4S. The molecule has 0 N–H and O–H groups in total. The Morgan fingerprint density at radius 1 is 1.28 bits per heavy atom. The van der Waals surface area contributed by atoms with E-state index >= 15 is 0 Å². The van der Waals surface area contributed by atoms with Crippen LogP contribution in [-0.2, 0) is 9.53 Å². The molecule has 2 fully saturated rings. The third-order valence-corrected chi connectivity index (χ3v) is 5.97. The summed E-state index contributed by atoms with van der Waals surface area (Å²) in [5, 5.41) is 0.0208. The molecule has 4 unspecified atom stereocenters. The van der Waals surface area contributed by atoms with Crippen LogP contribution in [0.4, 0.5) is 0 Å². The summed E-state index contributed by atoms with van der Waals surface area (Å²) in [6.07, 6.45) is 3.36. The molecule has 2 saturated heterocycles. The molecule has 0 aliphatic carbocycles. The van der Waals surface area contributed by atoms with Gasteiger partial charge < -0.3 is 19.0 Å². The van der Waals surface area contributed by atoms with E-state index in [9.17, 15) is 9.59 Å². The van der Waals surface area contributed by atoms with Gasteiger partial charge >= 0.3 is 0 Å². The molecule has 0 aromatic carbocycles. The Labute approximate surface area is 152 Å². The lowest BCUT2D eigenvalue weighted by Gasteiger charge is -2.38. The predicted molar refractivity (Wildman–Crippen MR) is 96.4 cm³/mol. The second kappa shape index (κ2) is 7.83. The fourth-order valence-corrected chi connectivity index (χ4v) is 5.10. The van der Waals surface area contributed by atoms with Crippen molar-refractivity contribution in [3.63, 3.8) is 0 Å². The third kappa shape index (κ3) is 3.87. The van der Waals surface area contributed by atoms with Crippen molar-refractivity contribution < 1.29 is 18.7 Å². The zero-order valence-electron chi connectivity index (χ0n) is 15.0. The van der Waals surface area contributed by atoms with Crippen LogP contribution in [0.5, 0.6) is 0 Å². The van der Waals surface area contributed by atoms with Crippen molar-refractivity contribution in [3.8, 4) is 0 Å². The monoisotopic (exact) mass is 366 g/mol. The van der Waals surface area contributed by atoms with Crippen molar-refractivity contribution in [2.24, 2.45) is 0 Å². The van der Waals surface area contributed by atoms with Crippen LogP contribution in [0.1, 0.15) is 44.2 Å². The minimum Gasteiger partial charge on any atom is -0.459 e. The number of nitrogens with zero attached hydrogens (tertiary/aromatic N) is 2. The van der Waals surface area contributed by atoms with Crippen molar-refractivity contribution >= 4 is 23.6 Å². The molecule has 0 bridgehead atoms. The van der Waals surface area contributed by atoms with Crippen molar-refractivity contribution in [1.29, 1.82) is 0 Å². The van der Waals surface area contributed by atoms with Crippen molar-refractivity contribution in [2.45, 2.75) is 57.2 Å². The van der Waals surface area contributed by atoms with E-state index in [1.165, 1.54) is 6.26 Å². The first-order valence-corrected chi connectivity index (χ1v) is 9.98. The molecule has 3 rings (SSSR count). The molecule has 2 aliphatic rings. The second-order valence-electron chi connectivity index (χ2n) is 6.78. The number of hydrogen-bond acceptors (Lipinski definition) is 5. The van der Waals surface area contributed by atoms with E-state index in [4.69, 9.17) is 9.15 Å². The average Bonchev–Trinajstić information content (AvgIpc) is 3.23. The molecule has 3 heterocycles. The first-order valence-electron chi connectivity index (χ1n) is 8.93. The summed E-state index contributed by atoms with van der Waals surface area (Å²) in [6.45, 7) is 7.20. The van der Waals surface area contributed by atoms with Crippen LogP contribution in [0.25, 0.3) is 0 Å². The van der Waals surface area contributed by atoms with Gasteiger partial charge in [-0.2, -0.15) is 0 Å². The van der Waals surface area contributed by atoms with Gasteiger partial charge in [0.15, 0.2) is 5.76 Å². The molecule has 7 heteroatoms. The molecule has 25 heavy (non-hydrogen) atoms. The lowest BCUT2D eigenvalue weighted by atomic mass is 10.1. The number of ether oxygens (including phenoxy) is 1. The molecule has 2 amide bonds. The van der Waals surface area contributed by atoms with Crippen molar-refractivity contribution in [1.82, 2.24) is 9.80 Å². The highest BCUT2D eigenvalue weighted by atomic mass is 32.2. The largest absolute Gasteiger partial charge is 0.459 e. The Balaban J connectivity index is 1.80. The smallest absolute Gasteiger partial charge is 0.291 e. The number of amides is 2. The Morgan fingerprint density at radius 3 is 2.60 bits per heavy atom. The summed E-state index contributed by atoms with van der Waals surface area (Å²) in [6, 6.07) is 2.93. The fraction of sp³-hybridized carbons (Fsp3) is 0.667. The summed E-state index contributed by atoms with van der Waals surface area (Å²) >= 11 is 1.69. The standard InChI is InChI=1S/C18H26N2O4S/c1-4-6-16-20(18(22)15-7-5-8-23-15)14(11-25-16)17(21)19-9-12(2)24-13(3)10-19/h5,7-8,12-14,16H,4,6,9-11H2,1-3H3. The first kappa shape index (κ1) is 18.3. The summed E-state index contributed by atoms with van der Waals surface area (Å²) in [5.41, 5.74) is 0. The third-order valence-electron chi connectivity index (χ3n) is 4.61. The molecule has 138 valence electrons. The summed E-state index contributed by atoms with van der Waals surface area (Å²) < 4.78 is 11.0. The maximum absolute atomic E-state index is 13.2. The van der Waals surface area contributed by atoms with Crippen molar-refractivity contribution in [3.05, 3.63) is 24.2 Å². The molecule has 0 saturated carbocycles. The highest BCUT2D eigenvalue weighted by molar-refractivity contribution is 8.00.